The molecule has 0 heterocycles. The number of nitrogens with zero attached hydrogens (tertiary/aromatic N) is 1. The SMILES string of the molecule is CCc1cc([N+](=O)[O-])c([P+](=O)OCC(=O)OC)cc1Oc1c(Cl)cc(C(F)(F)F)cc1Cl. The lowest BCUT2D eigenvalue weighted by atomic mass is 10.1. The topological polar surface area (TPSA) is 105 Å². The number of alkyl halides is 3. The lowest BCUT2D eigenvalue weighted by Crippen LogP contribution is -2.12. The van der Waals surface area contributed by atoms with Crippen molar-refractivity contribution < 1.29 is 41.5 Å². The summed E-state index contributed by atoms with van der Waals surface area (Å²) in [4.78, 5) is 21.8. The van der Waals surface area contributed by atoms with Crippen LogP contribution in [-0.2, 0) is 31.2 Å². The first-order valence-corrected chi connectivity index (χ1v) is 10.5. The van der Waals surface area contributed by atoms with Gasteiger partial charge < -0.3 is 9.47 Å². The van der Waals surface area contributed by atoms with E-state index >= 15 is 0 Å². The fourth-order valence-corrected chi connectivity index (χ4v) is 3.92. The largest absolute Gasteiger partial charge is 0.556 e. The first-order valence-electron chi connectivity index (χ1n) is 8.61. The van der Waals surface area contributed by atoms with Gasteiger partial charge in [0, 0.05) is 17.7 Å². The van der Waals surface area contributed by atoms with Gasteiger partial charge in [-0.3, -0.25) is 10.1 Å². The monoisotopic (exact) mass is 514 g/mol. The molecule has 0 N–H and O–H groups in total. The van der Waals surface area contributed by atoms with Crippen molar-refractivity contribution >= 4 is 48.2 Å². The average molecular weight is 515 g/mol. The van der Waals surface area contributed by atoms with Gasteiger partial charge in [0.05, 0.1) is 27.6 Å². The van der Waals surface area contributed by atoms with Gasteiger partial charge in [0.25, 0.3) is 0 Å². The Kier molecular flexibility index (Phi) is 8.41. The molecule has 14 heteroatoms. The Morgan fingerprint density at radius 2 is 1.78 bits per heavy atom. The van der Waals surface area contributed by atoms with Crippen LogP contribution >= 0.6 is 31.2 Å². The first-order chi connectivity index (χ1) is 14.9. The molecule has 0 aliphatic rings. The highest BCUT2D eigenvalue weighted by Crippen LogP contribution is 2.43. The molecule has 1 atom stereocenters. The van der Waals surface area contributed by atoms with Crippen molar-refractivity contribution in [1.82, 2.24) is 0 Å². The fraction of sp³-hybridized carbons (Fsp3) is 0.278. The molecule has 0 aromatic heterocycles. The molecule has 172 valence electrons. The quantitative estimate of drug-likeness (QED) is 0.189. The lowest BCUT2D eigenvalue weighted by Gasteiger charge is -2.15. The third-order valence-electron chi connectivity index (χ3n) is 4.00. The van der Waals surface area contributed by atoms with E-state index in [4.69, 9.17) is 32.5 Å². The van der Waals surface area contributed by atoms with E-state index in [-0.39, 0.29) is 23.5 Å². The number of nitro benzene ring substituents is 1. The number of hydrogen-bond donors (Lipinski definition) is 0. The van der Waals surface area contributed by atoms with Gasteiger partial charge >= 0.3 is 31.2 Å². The Balaban J connectivity index is 2.53. The number of ether oxygens (including phenoxy) is 2. The standard InChI is InChI=1S/C18H14Cl2F3NO7P/c1-3-9-4-13(24(26)27)15(32(28)30-8-16(25)29-2)7-14(9)31-17-11(19)5-10(6-12(17)20)18(21,22)23/h4-7H,3,8H2,1-2H3/q+1. The molecule has 0 aliphatic carbocycles. The van der Waals surface area contributed by atoms with Crippen molar-refractivity contribution in [2.75, 3.05) is 13.7 Å². The number of halogens is 5. The molecule has 0 fully saturated rings. The lowest BCUT2D eigenvalue weighted by molar-refractivity contribution is -0.383. The van der Waals surface area contributed by atoms with Crippen LogP contribution in [0.4, 0.5) is 18.9 Å². The second-order valence-corrected chi connectivity index (χ2v) is 8.10. The summed E-state index contributed by atoms with van der Waals surface area (Å²) in [6.45, 7) is 0.903. The molecule has 2 rings (SSSR count). The van der Waals surface area contributed by atoms with Gasteiger partial charge in [-0.05, 0) is 23.1 Å². The number of nitro groups is 1. The molecular weight excluding hydrogens is 501 g/mol. The van der Waals surface area contributed by atoms with Crippen molar-refractivity contribution in [1.29, 1.82) is 0 Å². The summed E-state index contributed by atoms with van der Waals surface area (Å²) in [6, 6.07) is 3.32. The van der Waals surface area contributed by atoms with E-state index in [1.807, 2.05) is 0 Å². The first kappa shape index (κ1) is 25.8. The Morgan fingerprint density at radius 3 is 2.25 bits per heavy atom. The summed E-state index contributed by atoms with van der Waals surface area (Å²) in [5, 5.41) is 10.1. The number of methoxy groups -OCH3 is 1. The minimum Gasteiger partial charge on any atom is -0.467 e. The number of rotatable bonds is 8. The van der Waals surface area contributed by atoms with Gasteiger partial charge in [-0.2, -0.15) is 13.2 Å². The summed E-state index contributed by atoms with van der Waals surface area (Å²) in [5.41, 5.74) is -1.41. The molecule has 0 bridgehead atoms. The maximum atomic E-state index is 12.9. The highest BCUT2D eigenvalue weighted by atomic mass is 35.5. The summed E-state index contributed by atoms with van der Waals surface area (Å²) < 4.78 is 66.1. The molecule has 2 aromatic carbocycles. The van der Waals surface area contributed by atoms with Crippen LogP contribution in [0, 0.1) is 10.1 Å². The zero-order valence-corrected chi connectivity index (χ0v) is 18.8. The van der Waals surface area contributed by atoms with Gasteiger partial charge in [-0.15, -0.1) is 4.52 Å². The van der Waals surface area contributed by atoms with Gasteiger partial charge in [0.2, 0.25) is 0 Å². The summed E-state index contributed by atoms with van der Waals surface area (Å²) >= 11 is 11.8. The summed E-state index contributed by atoms with van der Waals surface area (Å²) in [6.07, 6.45) is -4.50. The Labute approximate surface area is 190 Å². The molecule has 8 nitrogen and oxygen atoms in total. The van der Waals surface area contributed by atoms with Gasteiger partial charge in [-0.1, -0.05) is 30.1 Å². The van der Waals surface area contributed by atoms with Crippen LogP contribution < -0.4 is 10.0 Å². The van der Waals surface area contributed by atoms with Crippen LogP contribution in [0.25, 0.3) is 0 Å². The molecule has 0 spiro atoms. The zero-order chi connectivity index (χ0) is 24.2. The Morgan fingerprint density at radius 1 is 1.19 bits per heavy atom. The smallest absolute Gasteiger partial charge is 0.467 e. The highest BCUT2D eigenvalue weighted by molar-refractivity contribution is 7.48. The van der Waals surface area contributed by atoms with Gasteiger partial charge in [0.15, 0.2) is 12.4 Å². The number of carbonyl (C=O) groups excluding carboxylic acids is 1. The van der Waals surface area contributed by atoms with E-state index in [1.54, 1.807) is 6.92 Å². The molecule has 32 heavy (non-hydrogen) atoms. The minimum absolute atomic E-state index is 0.0957. The van der Waals surface area contributed by atoms with Crippen molar-refractivity contribution in [3.8, 4) is 11.5 Å². The third-order valence-corrected chi connectivity index (χ3v) is 5.67. The molecule has 2 aromatic rings. The van der Waals surface area contributed by atoms with E-state index in [1.165, 1.54) is 0 Å². The summed E-state index contributed by atoms with van der Waals surface area (Å²) in [7, 11) is -1.83. The number of aryl methyl sites for hydroxylation is 1. The van der Waals surface area contributed by atoms with Crippen LogP contribution in [0.5, 0.6) is 11.5 Å². The predicted molar refractivity (Wildman–Crippen MR) is 109 cm³/mol. The maximum absolute atomic E-state index is 12.9. The van der Waals surface area contributed by atoms with E-state index in [0.717, 1.165) is 19.2 Å². The van der Waals surface area contributed by atoms with E-state index in [9.17, 15) is 32.6 Å². The van der Waals surface area contributed by atoms with E-state index in [0.29, 0.717) is 12.1 Å². The number of esters is 1. The molecule has 0 saturated carbocycles. The van der Waals surface area contributed by atoms with Crippen molar-refractivity contribution in [3.05, 3.63) is 55.6 Å². The van der Waals surface area contributed by atoms with Gasteiger partial charge in [-0.25, -0.2) is 4.79 Å². The molecule has 0 amide bonds. The van der Waals surface area contributed by atoms with Crippen LogP contribution in [-0.4, -0.2) is 24.6 Å². The van der Waals surface area contributed by atoms with Crippen molar-refractivity contribution in [2.45, 2.75) is 19.5 Å². The summed E-state index contributed by atoms with van der Waals surface area (Å²) in [5.74, 6) is -1.29. The van der Waals surface area contributed by atoms with E-state index in [2.05, 4.69) is 4.74 Å². The number of benzene rings is 2. The van der Waals surface area contributed by atoms with Crippen LogP contribution in [0.15, 0.2) is 24.3 Å². The Bertz CT molecular complexity index is 1060. The number of carbonyl (C=O) groups is 1. The zero-order valence-electron chi connectivity index (χ0n) is 16.4. The maximum Gasteiger partial charge on any atom is 0.556 e. The fourth-order valence-electron chi connectivity index (χ4n) is 2.44. The molecule has 0 aliphatic heterocycles. The van der Waals surface area contributed by atoms with Gasteiger partial charge in [0.1, 0.15) is 5.75 Å². The Hall–Kier alpha value is -2.46. The molecule has 0 radical (unpaired) electrons. The van der Waals surface area contributed by atoms with Crippen molar-refractivity contribution in [3.63, 3.8) is 0 Å². The van der Waals surface area contributed by atoms with Crippen LogP contribution in [0.3, 0.4) is 0 Å². The average Bonchev–Trinajstić information content (AvgIpc) is 2.72. The second-order valence-electron chi connectivity index (χ2n) is 6.03. The van der Waals surface area contributed by atoms with Crippen LogP contribution in [0.2, 0.25) is 10.0 Å². The van der Waals surface area contributed by atoms with Crippen LogP contribution in [0.1, 0.15) is 18.1 Å². The second kappa shape index (κ2) is 10.4. The van der Waals surface area contributed by atoms with E-state index < -0.39 is 58.3 Å². The number of hydrogen-bond acceptors (Lipinski definition) is 7. The van der Waals surface area contributed by atoms with Crippen molar-refractivity contribution in [2.24, 2.45) is 0 Å². The highest BCUT2D eigenvalue weighted by Gasteiger charge is 2.37. The third kappa shape index (κ3) is 6.07. The minimum atomic E-state index is -4.70. The molecular formula is C18H14Cl2F3NO7P+. The molecule has 0 saturated heterocycles. The molecule has 1 unspecified atom stereocenters. The predicted octanol–water partition coefficient (Wildman–Crippen LogP) is 5.83. The normalized spacial score (nSPS) is 11.8.